The van der Waals surface area contributed by atoms with E-state index in [2.05, 4.69) is 12.0 Å². The molecule has 1 amide bonds. The number of aromatic nitrogens is 2. The number of rotatable bonds is 5. The van der Waals surface area contributed by atoms with Crippen molar-refractivity contribution in [3.05, 3.63) is 17.5 Å². The van der Waals surface area contributed by atoms with E-state index in [0.29, 0.717) is 0 Å². The molecular formula is C17H25F2N3O. The lowest BCUT2D eigenvalue weighted by molar-refractivity contribution is 0.0575. The van der Waals surface area contributed by atoms with Crippen LogP contribution in [0.1, 0.15) is 74.3 Å². The Kier molecular flexibility index (Phi) is 4.69. The average Bonchev–Trinajstić information content (AvgIpc) is 3.28. The Bertz CT molecular complexity index is 560. The van der Waals surface area contributed by atoms with Gasteiger partial charge in [0.15, 0.2) is 0 Å². The van der Waals surface area contributed by atoms with Crippen LogP contribution in [0.5, 0.6) is 0 Å². The monoisotopic (exact) mass is 325 g/mol. The highest BCUT2D eigenvalue weighted by molar-refractivity contribution is 5.95. The Balaban J connectivity index is 1.81. The van der Waals surface area contributed by atoms with Gasteiger partial charge in [-0.2, -0.15) is 5.10 Å². The average molecular weight is 325 g/mol. The van der Waals surface area contributed by atoms with Crippen LogP contribution in [0, 0.1) is 5.92 Å². The fourth-order valence-electron chi connectivity index (χ4n) is 3.82. The van der Waals surface area contributed by atoms with Crippen LogP contribution in [0.15, 0.2) is 6.20 Å². The standard InChI is InChI=1S/C17H25F2N3O/c1-3-11-4-6-12(7-5-11)22(13-8-9-13)17(23)14-10-20-21(2)15(14)16(18)19/h10-13,16H,3-9H2,1-2H3. The zero-order valence-electron chi connectivity index (χ0n) is 13.8. The zero-order chi connectivity index (χ0) is 16.6. The minimum Gasteiger partial charge on any atom is -0.333 e. The van der Waals surface area contributed by atoms with Crippen molar-refractivity contribution >= 4 is 5.91 Å². The summed E-state index contributed by atoms with van der Waals surface area (Å²) in [6.07, 6.45) is 6.03. The first-order valence-corrected chi connectivity index (χ1v) is 8.65. The summed E-state index contributed by atoms with van der Waals surface area (Å²) in [5, 5.41) is 3.88. The van der Waals surface area contributed by atoms with Crippen LogP contribution >= 0.6 is 0 Å². The first kappa shape index (κ1) is 16.4. The molecule has 2 saturated carbocycles. The number of halogens is 2. The van der Waals surface area contributed by atoms with Crippen molar-refractivity contribution in [2.75, 3.05) is 0 Å². The van der Waals surface area contributed by atoms with Crippen LogP contribution < -0.4 is 0 Å². The van der Waals surface area contributed by atoms with Crippen molar-refractivity contribution < 1.29 is 13.6 Å². The molecule has 128 valence electrons. The Morgan fingerprint density at radius 3 is 2.30 bits per heavy atom. The van der Waals surface area contributed by atoms with Crippen molar-refractivity contribution in [2.24, 2.45) is 13.0 Å². The van der Waals surface area contributed by atoms with Gasteiger partial charge >= 0.3 is 0 Å². The van der Waals surface area contributed by atoms with E-state index >= 15 is 0 Å². The summed E-state index contributed by atoms with van der Waals surface area (Å²) in [4.78, 5) is 14.9. The van der Waals surface area contributed by atoms with Gasteiger partial charge in [0.1, 0.15) is 5.69 Å². The quantitative estimate of drug-likeness (QED) is 0.822. The predicted octanol–water partition coefficient (Wildman–Crippen LogP) is 3.93. The van der Waals surface area contributed by atoms with Gasteiger partial charge in [0.2, 0.25) is 0 Å². The molecule has 0 unspecified atom stereocenters. The molecule has 4 nitrogen and oxygen atoms in total. The van der Waals surface area contributed by atoms with E-state index in [9.17, 15) is 13.6 Å². The van der Waals surface area contributed by atoms with Gasteiger partial charge < -0.3 is 4.90 Å². The molecular weight excluding hydrogens is 300 g/mol. The van der Waals surface area contributed by atoms with Crippen molar-refractivity contribution in [1.82, 2.24) is 14.7 Å². The maximum atomic E-state index is 13.3. The van der Waals surface area contributed by atoms with Crippen molar-refractivity contribution in [3.8, 4) is 0 Å². The van der Waals surface area contributed by atoms with Gasteiger partial charge in [0.05, 0.1) is 11.8 Å². The van der Waals surface area contributed by atoms with Gasteiger partial charge in [0.25, 0.3) is 12.3 Å². The molecule has 0 atom stereocenters. The van der Waals surface area contributed by atoms with Crippen LogP contribution in [0.4, 0.5) is 8.78 Å². The van der Waals surface area contributed by atoms with Gasteiger partial charge in [-0.15, -0.1) is 0 Å². The van der Waals surface area contributed by atoms with Crippen LogP contribution in [0.25, 0.3) is 0 Å². The van der Waals surface area contributed by atoms with Crippen LogP contribution in [-0.4, -0.2) is 32.7 Å². The predicted molar refractivity (Wildman–Crippen MR) is 83.4 cm³/mol. The van der Waals surface area contributed by atoms with Gasteiger partial charge in [-0.3, -0.25) is 9.48 Å². The molecule has 0 saturated heterocycles. The number of alkyl halides is 2. The van der Waals surface area contributed by atoms with Crippen LogP contribution in [-0.2, 0) is 7.05 Å². The second-order valence-corrected chi connectivity index (χ2v) is 6.89. The number of aryl methyl sites for hydroxylation is 1. The van der Waals surface area contributed by atoms with E-state index < -0.39 is 6.43 Å². The minimum atomic E-state index is -2.68. The van der Waals surface area contributed by atoms with Gasteiger partial charge in [-0.25, -0.2) is 8.78 Å². The summed E-state index contributed by atoms with van der Waals surface area (Å²) in [5.74, 6) is 0.494. The summed E-state index contributed by atoms with van der Waals surface area (Å²) >= 11 is 0. The summed E-state index contributed by atoms with van der Waals surface area (Å²) in [7, 11) is 1.46. The molecule has 0 aromatic carbocycles. The maximum Gasteiger partial charge on any atom is 0.280 e. The van der Waals surface area contributed by atoms with E-state index in [1.807, 2.05) is 4.90 Å². The molecule has 0 bridgehead atoms. The van der Waals surface area contributed by atoms with E-state index in [4.69, 9.17) is 0 Å². The molecule has 1 aromatic rings. The second kappa shape index (κ2) is 6.57. The van der Waals surface area contributed by atoms with Gasteiger partial charge in [-0.05, 0) is 44.4 Å². The van der Waals surface area contributed by atoms with E-state index in [1.165, 1.54) is 19.7 Å². The highest BCUT2D eigenvalue weighted by Crippen LogP contribution is 2.38. The van der Waals surface area contributed by atoms with Crippen LogP contribution in [0.2, 0.25) is 0 Å². The Morgan fingerprint density at radius 2 is 1.83 bits per heavy atom. The summed E-state index contributed by atoms with van der Waals surface area (Å²) in [6.45, 7) is 2.21. The molecule has 6 heteroatoms. The Morgan fingerprint density at radius 1 is 1.26 bits per heavy atom. The Hall–Kier alpha value is -1.46. The number of hydrogen-bond acceptors (Lipinski definition) is 2. The molecule has 1 heterocycles. The molecule has 0 N–H and O–H groups in total. The zero-order valence-corrected chi connectivity index (χ0v) is 13.8. The molecule has 0 spiro atoms. The molecule has 23 heavy (non-hydrogen) atoms. The fourth-order valence-corrected chi connectivity index (χ4v) is 3.82. The highest BCUT2D eigenvalue weighted by Gasteiger charge is 2.40. The molecule has 0 aliphatic heterocycles. The third-order valence-corrected chi connectivity index (χ3v) is 5.38. The van der Waals surface area contributed by atoms with Crippen molar-refractivity contribution in [2.45, 2.75) is 70.4 Å². The van der Waals surface area contributed by atoms with Gasteiger partial charge in [-0.1, -0.05) is 13.3 Å². The number of carbonyl (C=O) groups excluding carboxylic acids is 1. The summed E-state index contributed by atoms with van der Waals surface area (Å²) in [5.41, 5.74) is -0.185. The molecule has 2 aliphatic carbocycles. The SMILES string of the molecule is CCC1CCC(N(C(=O)c2cnn(C)c2C(F)F)C2CC2)CC1. The minimum absolute atomic E-state index is 0.0759. The molecule has 3 rings (SSSR count). The first-order chi connectivity index (χ1) is 11.0. The van der Waals surface area contributed by atoms with Crippen molar-refractivity contribution in [3.63, 3.8) is 0 Å². The van der Waals surface area contributed by atoms with E-state index in [-0.39, 0.29) is 29.2 Å². The number of hydrogen-bond donors (Lipinski definition) is 0. The third-order valence-electron chi connectivity index (χ3n) is 5.38. The van der Waals surface area contributed by atoms with Gasteiger partial charge in [0, 0.05) is 19.1 Å². The second-order valence-electron chi connectivity index (χ2n) is 6.89. The molecule has 0 radical (unpaired) electrons. The van der Waals surface area contributed by atoms with E-state index in [1.54, 1.807) is 0 Å². The lowest BCUT2D eigenvalue weighted by atomic mass is 9.83. The Labute approximate surface area is 135 Å². The van der Waals surface area contributed by atoms with Crippen LogP contribution in [0.3, 0.4) is 0 Å². The molecule has 2 aliphatic rings. The first-order valence-electron chi connectivity index (χ1n) is 8.65. The van der Waals surface area contributed by atoms with Crippen molar-refractivity contribution in [1.29, 1.82) is 0 Å². The lowest BCUT2D eigenvalue weighted by Crippen LogP contribution is -2.44. The summed E-state index contributed by atoms with van der Waals surface area (Å²) in [6, 6.07) is 0.430. The summed E-state index contributed by atoms with van der Waals surface area (Å²) < 4.78 is 27.7. The number of carbonyl (C=O) groups is 1. The third kappa shape index (κ3) is 3.26. The topological polar surface area (TPSA) is 38.1 Å². The molecule has 1 aromatic heterocycles. The highest BCUT2D eigenvalue weighted by atomic mass is 19.3. The maximum absolute atomic E-state index is 13.3. The largest absolute Gasteiger partial charge is 0.333 e. The normalized spacial score (nSPS) is 24.9. The van der Waals surface area contributed by atoms with E-state index in [0.717, 1.165) is 49.1 Å². The smallest absolute Gasteiger partial charge is 0.280 e. The molecule has 2 fully saturated rings. The number of nitrogens with zero attached hydrogens (tertiary/aromatic N) is 3. The lowest BCUT2D eigenvalue weighted by Gasteiger charge is -2.37. The number of amides is 1. The fraction of sp³-hybridized carbons (Fsp3) is 0.765.